The lowest BCUT2D eigenvalue weighted by Gasteiger charge is -2.02. The van der Waals surface area contributed by atoms with Gasteiger partial charge in [0.05, 0.1) is 6.20 Å². The van der Waals surface area contributed by atoms with Crippen LogP contribution in [0.2, 0.25) is 0 Å². The van der Waals surface area contributed by atoms with Crippen molar-refractivity contribution in [3.8, 4) is 11.6 Å². The number of nitro groups is 1. The van der Waals surface area contributed by atoms with Crippen LogP contribution in [0.15, 0.2) is 53.1 Å². The Bertz CT molecular complexity index is 800. The number of ether oxygens (including phenoxy) is 1. The van der Waals surface area contributed by atoms with Crippen LogP contribution in [0, 0.1) is 10.1 Å². The van der Waals surface area contributed by atoms with E-state index < -0.39 is 4.92 Å². The zero-order chi connectivity index (χ0) is 14.1. The van der Waals surface area contributed by atoms with Crippen LogP contribution in [0.5, 0.6) is 11.6 Å². The van der Waals surface area contributed by atoms with Crippen LogP contribution in [-0.4, -0.2) is 14.3 Å². The lowest BCUT2D eigenvalue weighted by Crippen LogP contribution is -1.95. The summed E-state index contributed by atoms with van der Waals surface area (Å²) in [5.74, 6) is 0.255. The van der Waals surface area contributed by atoms with E-state index in [9.17, 15) is 10.1 Å². The number of pyridine rings is 1. The van der Waals surface area contributed by atoms with Gasteiger partial charge in [-0.15, -0.1) is 0 Å². The van der Waals surface area contributed by atoms with Crippen molar-refractivity contribution < 1.29 is 9.66 Å². The maximum atomic E-state index is 11.2. The molecule has 0 radical (unpaired) electrons. The smallest absolute Gasteiger partial charge is 0.392 e. The molecule has 7 heteroatoms. The van der Waals surface area contributed by atoms with Crippen molar-refractivity contribution in [3.63, 3.8) is 0 Å². The van der Waals surface area contributed by atoms with Crippen LogP contribution in [0.25, 0.3) is 5.65 Å². The molecule has 0 aliphatic rings. The predicted octanol–water partition coefficient (Wildman–Crippen LogP) is 3.80. The number of imidazole rings is 1. The van der Waals surface area contributed by atoms with Crippen molar-refractivity contribution in [1.29, 1.82) is 0 Å². The Kier molecular flexibility index (Phi) is 3.11. The van der Waals surface area contributed by atoms with Crippen LogP contribution >= 0.6 is 15.9 Å². The molecule has 1 aromatic carbocycles. The first kappa shape index (κ1) is 12.6. The molecule has 0 aliphatic carbocycles. The number of halogens is 1. The highest BCUT2D eigenvalue weighted by Gasteiger charge is 2.24. The molecule has 0 N–H and O–H groups in total. The van der Waals surface area contributed by atoms with Gasteiger partial charge in [0.1, 0.15) is 5.75 Å². The predicted molar refractivity (Wildman–Crippen MR) is 76.1 cm³/mol. The summed E-state index contributed by atoms with van der Waals surface area (Å²) >= 11 is 3.32. The van der Waals surface area contributed by atoms with Crippen molar-refractivity contribution in [3.05, 3.63) is 63.2 Å². The molecule has 0 saturated heterocycles. The van der Waals surface area contributed by atoms with Crippen molar-refractivity contribution in [2.75, 3.05) is 0 Å². The van der Waals surface area contributed by atoms with Crippen LogP contribution in [-0.2, 0) is 0 Å². The van der Waals surface area contributed by atoms with Crippen LogP contribution in [0.3, 0.4) is 0 Å². The van der Waals surface area contributed by atoms with Crippen LogP contribution in [0.1, 0.15) is 0 Å². The van der Waals surface area contributed by atoms with E-state index >= 15 is 0 Å². The van der Waals surface area contributed by atoms with E-state index in [0.717, 1.165) is 4.47 Å². The van der Waals surface area contributed by atoms with Crippen molar-refractivity contribution >= 4 is 27.4 Å². The normalized spacial score (nSPS) is 10.7. The molecule has 0 bridgehead atoms. The molecule has 0 atom stereocenters. The van der Waals surface area contributed by atoms with Gasteiger partial charge in [0.2, 0.25) is 5.65 Å². The average Bonchev–Trinajstić information content (AvgIpc) is 2.76. The molecule has 0 unspecified atom stereocenters. The number of hydrogen-bond donors (Lipinski definition) is 0. The number of rotatable bonds is 3. The highest BCUT2D eigenvalue weighted by Crippen LogP contribution is 2.32. The van der Waals surface area contributed by atoms with Crippen LogP contribution in [0.4, 0.5) is 5.82 Å². The standard InChI is InChI=1S/C13H8BrN3O3/c14-9-4-3-5-10(8-9)20-12-13(17(18)19)16-7-2-1-6-11(16)15-12/h1-8H. The second-order valence-corrected chi connectivity index (χ2v) is 4.90. The molecule has 3 aromatic rings. The van der Waals surface area contributed by atoms with Gasteiger partial charge >= 0.3 is 11.7 Å². The van der Waals surface area contributed by atoms with E-state index in [0.29, 0.717) is 11.4 Å². The van der Waals surface area contributed by atoms with Gasteiger partial charge in [0.25, 0.3) is 0 Å². The van der Waals surface area contributed by atoms with E-state index in [1.165, 1.54) is 4.40 Å². The van der Waals surface area contributed by atoms with Crippen molar-refractivity contribution in [2.24, 2.45) is 0 Å². The van der Waals surface area contributed by atoms with E-state index in [1.807, 2.05) is 6.07 Å². The first-order valence-corrected chi connectivity index (χ1v) is 6.49. The van der Waals surface area contributed by atoms with E-state index in [2.05, 4.69) is 20.9 Å². The minimum absolute atomic E-state index is 0.0284. The van der Waals surface area contributed by atoms with Crippen molar-refractivity contribution in [2.45, 2.75) is 0 Å². The minimum atomic E-state index is -0.507. The molecule has 0 aliphatic heterocycles. The molecule has 6 nitrogen and oxygen atoms in total. The maximum Gasteiger partial charge on any atom is 0.392 e. The number of nitrogens with zero attached hydrogens (tertiary/aromatic N) is 3. The lowest BCUT2D eigenvalue weighted by atomic mass is 10.3. The molecular formula is C13H8BrN3O3. The molecule has 2 aromatic heterocycles. The van der Waals surface area contributed by atoms with E-state index in [4.69, 9.17) is 4.74 Å². The van der Waals surface area contributed by atoms with Gasteiger partial charge in [-0.1, -0.05) is 28.1 Å². The molecular weight excluding hydrogens is 326 g/mol. The SMILES string of the molecule is O=[N+]([O-])c1c(Oc2cccc(Br)c2)nc2ccccn12. The molecule has 0 amide bonds. The Morgan fingerprint density at radius 2 is 2.10 bits per heavy atom. The van der Waals surface area contributed by atoms with Gasteiger partial charge < -0.3 is 14.9 Å². The summed E-state index contributed by atoms with van der Waals surface area (Å²) in [5.41, 5.74) is 0.462. The van der Waals surface area contributed by atoms with Gasteiger partial charge in [0, 0.05) is 10.5 Å². The second-order valence-electron chi connectivity index (χ2n) is 3.99. The Morgan fingerprint density at radius 3 is 2.85 bits per heavy atom. The zero-order valence-electron chi connectivity index (χ0n) is 10.1. The quantitative estimate of drug-likeness (QED) is 0.540. The van der Waals surface area contributed by atoms with Crippen molar-refractivity contribution in [1.82, 2.24) is 9.38 Å². The second kappa shape index (κ2) is 4.93. The van der Waals surface area contributed by atoms with E-state index in [-0.39, 0.29) is 11.7 Å². The Morgan fingerprint density at radius 1 is 1.25 bits per heavy atom. The number of fused-ring (bicyclic) bond motifs is 1. The lowest BCUT2D eigenvalue weighted by molar-refractivity contribution is -0.391. The molecule has 0 saturated carbocycles. The Labute approximate surface area is 121 Å². The third kappa shape index (κ3) is 2.23. The Hall–Kier alpha value is -2.41. The van der Waals surface area contributed by atoms with Gasteiger partial charge in [-0.25, -0.2) is 0 Å². The van der Waals surface area contributed by atoms with E-state index in [1.54, 1.807) is 42.6 Å². The summed E-state index contributed by atoms with van der Waals surface area (Å²) in [6, 6.07) is 12.2. The Balaban J connectivity index is 2.11. The summed E-state index contributed by atoms with van der Waals surface area (Å²) in [6.07, 6.45) is 1.58. The molecule has 100 valence electrons. The number of benzene rings is 1. The molecule has 2 heterocycles. The first-order valence-electron chi connectivity index (χ1n) is 5.70. The highest BCUT2D eigenvalue weighted by molar-refractivity contribution is 9.10. The fourth-order valence-corrected chi connectivity index (χ4v) is 2.22. The molecule has 3 rings (SSSR count). The number of hydrogen-bond acceptors (Lipinski definition) is 4. The third-order valence-corrected chi connectivity index (χ3v) is 3.15. The summed E-state index contributed by atoms with van der Waals surface area (Å²) < 4.78 is 7.74. The monoisotopic (exact) mass is 333 g/mol. The molecule has 0 fully saturated rings. The fourth-order valence-electron chi connectivity index (χ4n) is 1.84. The summed E-state index contributed by atoms with van der Waals surface area (Å²) in [5, 5.41) is 11.2. The largest absolute Gasteiger partial charge is 0.432 e. The third-order valence-electron chi connectivity index (χ3n) is 2.66. The zero-order valence-corrected chi connectivity index (χ0v) is 11.6. The minimum Gasteiger partial charge on any atom is -0.432 e. The highest BCUT2D eigenvalue weighted by atomic mass is 79.9. The summed E-state index contributed by atoms with van der Waals surface area (Å²) in [4.78, 5) is 14.8. The van der Waals surface area contributed by atoms with Gasteiger partial charge in [-0.05, 0) is 29.2 Å². The topological polar surface area (TPSA) is 69.7 Å². The summed E-state index contributed by atoms with van der Waals surface area (Å²) in [7, 11) is 0. The molecule has 0 spiro atoms. The fraction of sp³-hybridized carbons (Fsp3) is 0. The molecule has 20 heavy (non-hydrogen) atoms. The van der Waals surface area contributed by atoms with Crippen LogP contribution < -0.4 is 4.74 Å². The average molecular weight is 334 g/mol. The number of aromatic nitrogens is 2. The summed E-state index contributed by atoms with van der Waals surface area (Å²) in [6.45, 7) is 0. The first-order chi connectivity index (χ1) is 9.65. The van der Waals surface area contributed by atoms with Gasteiger partial charge in [0.15, 0.2) is 0 Å². The maximum absolute atomic E-state index is 11.2. The van der Waals surface area contributed by atoms with Gasteiger partial charge in [-0.2, -0.15) is 9.38 Å². The van der Waals surface area contributed by atoms with Gasteiger partial charge in [-0.3, -0.25) is 0 Å².